The fourth-order valence-electron chi connectivity index (χ4n) is 0.597. The average molecular weight is 188 g/mol. The van der Waals surface area contributed by atoms with Crippen molar-refractivity contribution in [2.24, 2.45) is 0 Å². The van der Waals surface area contributed by atoms with Crippen LogP contribution in [0.4, 0.5) is 0 Å². The van der Waals surface area contributed by atoms with Gasteiger partial charge in [0.15, 0.2) is 4.34 Å². The molecule has 1 aromatic rings. The van der Waals surface area contributed by atoms with Gasteiger partial charge in [-0.15, -0.1) is 0 Å². The van der Waals surface area contributed by atoms with Crippen LogP contribution < -0.4 is 0 Å². The van der Waals surface area contributed by atoms with Gasteiger partial charge >= 0.3 is 0 Å². The van der Waals surface area contributed by atoms with E-state index in [1.54, 1.807) is 11.8 Å². The molecule has 2 nitrogen and oxygen atoms in total. The molecule has 1 heterocycles. The van der Waals surface area contributed by atoms with Crippen LogP contribution in [0.1, 0.15) is 26.6 Å². The van der Waals surface area contributed by atoms with E-state index in [4.69, 9.17) is 0 Å². The minimum atomic E-state index is 0.0878. The number of thioether (sulfide) groups is 1. The monoisotopic (exact) mass is 188 g/mol. The molecule has 0 spiro atoms. The van der Waals surface area contributed by atoms with Crippen molar-refractivity contribution in [3.63, 3.8) is 0 Å². The Morgan fingerprint density at radius 3 is 2.27 bits per heavy atom. The van der Waals surface area contributed by atoms with Crippen LogP contribution in [0.3, 0.4) is 0 Å². The van der Waals surface area contributed by atoms with Crippen LogP contribution in [0.5, 0.6) is 0 Å². The van der Waals surface area contributed by atoms with Crippen LogP contribution in [0, 0.1) is 0 Å². The van der Waals surface area contributed by atoms with E-state index in [0.717, 1.165) is 10.2 Å². The summed E-state index contributed by atoms with van der Waals surface area (Å²) in [7, 11) is 0. The Hall–Kier alpha value is -0.0900. The second kappa shape index (κ2) is 3.11. The van der Waals surface area contributed by atoms with Gasteiger partial charge in [-0.05, 0) is 17.8 Å². The fraction of sp³-hybridized carbons (Fsp3) is 0.714. The Morgan fingerprint density at radius 1 is 1.36 bits per heavy atom. The quantitative estimate of drug-likeness (QED) is 0.633. The third kappa shape index (κ3) is 2.17. The van der Waals surface area contributed by atoms with Crippen molar-refractivity contribution in [1.82, 2.24) is 9.36 Å². The maximum absolute atomic E-state index is 4.37. The van der Waals surface area contributed by atoms with Crippen LogP contribution in [-0.2, 0) is 5.41 Å². The molecule has 62 valence electrons. The zero-order valence-electron chi connectivity index (χ0n) is 7.21. The van der Waals surface area contributed by atoms with Crippen LogP contribution in [-0.4, -0.2) is 15.6 Å². The van der Waals surface area contributed by atoms with E-state index in [1.165, 1.54) is 11.5 Å². The van der Waals surface area contributed by atoms with Gasteiger partial charge in [0.25, 0.3) is 0 Å². The minimum Gasteiger partial charge on any atom is -0.212 e. The first-order valence-electron chi connectivity index (χ1n) is 3.42. The molecule has 0 aliphatic heterocycles. The summed E-state index contributed by atoms with van der Waals surface area (Å²) in [5.74, 6) is 0.951. The molecule has 0 N–H and O–H groups in total. The highest BCUT2D eigenvalue weighted by molar-refractivity contribution is 8.00. The van der Waals surface area contributed by atoms with Gasteiger partial charge in [0.05, 0.1) is 0 Å². The molecule has 1 aromatic heterocycles. The largest absolute Gasteiger partial charge is 0.212 e. The summed E-state index contributed by atoms with van der Waals surface area (Å²) in [5, 5.41) is 0. The predicted molar refractivity (Wildman–Crippen MR) is 50.4 cm³/mol. The van der Waals surface area contributed by atoms with Crippen molar-refractivity contribution in [2.75, 3.05) is 6.26 Å². The molecular formula is C7H12N2S2. The molecule has 4 heteroatoms. The highest BCUT2D eigenvalue weighted by Gasteiger charge is 2.18. The lowest BCUT2D eigenvalue weighted by Crippen LogP contribution is -2.12. The highest BCUT2D eigenvalue weighted by Crippen LogP contribution is 2.24. The molecular weight excluding hydrogens is 176 g/mol. The lowest BCUT2D eigenvalue weighted by atomic mass is 9.96. The standard InChI is InChI=1S/C7H12N2S2/c1-7(2,3)5-8-6(10-4)11-9-5/h1-4H3. The van der Waals surface area contributed by atoms with Gasteiger partial charge in [-0.25, -0.2) is 4.98 Å². The molecule has 1 rings (SSSR count). The third-order valence-corrected chi connectivity index (χ3v) is 2.93. The molecule has 0 saturated carbocycles. The van der Waals surface area contributed by atoms with Gasteiger partial charge in [-0.3, -0.25) is 0 Å². The minimum absolute atomic E-state index is 0.0878. The summed E-state index contributed by atoms with van der Waals surface area (Å²) in [6.45, 7) is 6.37. The van der Waals surface area contributed by atoms with Crippen molar-refractivity contribution in [3.05, 3.63) is 5.82 Å². The van der Waals surface area contributed by atoms with Gasteiger partial charge in [0.2, 0.25) is 0 Å². The fourth-order valence-corrected chi connectivity index (χ4v) is 1.79. The first kappa shape index (κ1) is 9.00. The molecule has 0 atom stereocenters. The first-order chi connectivity index (χ1) is 5.04. The normalized spacial score (nSPS) is 12.0. The summed E-state index contributed by atoms with van der Waals surface area (Å²) in [6, 6.07) is 0. The Bertz CT molecular complexity index is 237. The molecule has 11 heavy (non-hydrogen) atoms. The topological polar surface area (TPSA) is 25.8 Å². The maximum Gasteiger partial charge on any atom is 0.169 e. The van der Waals surface area contributed by atoms with Crippen molar-refractivity contribution >= 4 is 23.3 Å². The smallest absolute Gasteiger partial charge is 0.169 e. The van der Waals surface area contributed by atoms with Crippen LogP contribution >= 0.6 is 23.3 Å². The van der Waals surface area contributed by atoms with E-state index in [1.807, 2.05) is 6.26 Å². The van der Waals surface area contributed by atoms with Crippen molar-refractivity contribution in [2.45, 2.75) is 30.5 Å². The number of hydrogen-bond donors (Lipinski definition) is 0. The van der Waals surface area contributed by atoms with Gasteiger partial charge in [-0.1, -0.05) is 32.5 Å². The molecule has 0 radical (unpaired) electrons. The lowest BCUT2D eigenvalue weighted by molar-refractivity contribution is 0.551. The molecule has 0 aliphatic rings. The second-order valence-electron chi connectivity index (χ2n) is 3.34. The molecule has 0 bridgehead atoms. The summed E-state index contributed by atoms with van der Waals surface area (Å²) >= 11 is 3.13. The van der Waals surface area contributed by atoms with Gasteiger partial charge in [0, 0.05) is 5.41 Å². The van der Waals surface area contributed by atoms with E-state index < -0.39 is 0 Å². The Morgan fingerprint density at radius 2 is 2.00 bits per heavy atom. The number of rotatable bonds is 1. The van der Waals surface area contributed by atoms with Gasteiger partial charge in [-0.2, -0.15) is 4.37 Å². The van der Waals surface area contributed by atoms with Crippen LogP contribution in [0.15, 0.2) is 4.34 Å². The Kier molecular flexibility index (Phi) is 2.54. The van der Waals surface area contributed by atoms with E-state index in [-0.39, 0.29) is 5.41 Å². The van der Waals surface area contributed by atoms with Crippen molar-refractivity contribution in [1.29, 1.82) is 0 Å². The summed E-state index contributed by atoms with van der Waals surface area (Å²) in [5.41, 5.74) is 0.0878. The average Bonchev–Trinajstić information content (AvgIpc) is 2.32. The number of aromatic nitrogens is 2. The zero-order chi connectivity index (χ0) is 8.48. The molecule has 0 unspecified atom stereocenters. The van der Waals surface area contributed by atoms with Crippen molar-refractivity contribution in [3.8, 4) is 0 Å². The summed E-state index contributed by atoms with van der Waals surface area (Å²) in [6.07, 6.45) is 2.02. The van der Waals surface area contributed by atoms with Gasteiger partial charge < -0.3 is 0 Å². The zero-order valence-corrected chi connectivity index (χ0v) is 8.84. The van der Waals surface area contributed by atoms with E-state index in [9.17, 15) is 0 Å². The van der Waals surface area contributed by atoms with Crippen LogP contribution in [0.2, 0.25) is 0 Å². The molecule has 0 amide bonds. The Balaban J connectivity index is 2.89. The highest BCUT2D eigenvalue weighted by atomic mass is 32.2. The maximum atomic E-state index is 4.37. The van der Waals surface area contributed by atoms with E-state index in [2.05, 4.69) is 30.1 Å². The summed E-state index contributed by atoms with van der Waals surface area (Å²) in [4.78, 5) is 4.37. The number of nitrogens with zero attached hydrogens (tertiary/aromatic N) is 2. The van der Waals surface area contributed by atoms with Crippen molar-refractivity contribution < 1.29 is 0 Å². The second-order valence-corrected chi connectivity index (χ2v) is 5.14. The molecule has 0 fully saturated rings. The van der Waals surface area contributed by atoms with Gasteiger partial charge in [0.1, 0.15) is 5.82 Å². The molecule has 0 aliphatic carbocycles. The first-order valence-corrected chi connectivity index (χ1v) is 5.42. The van der Waals surface area contributed by atoms with E-state index in [0.29, 0.717) is 0 Å². The molecule has 0 saturated heterocycles. The van der Waals surface area contributed by atoms with E-state index >= 15 is 0 Å². The molecule has 0 aromatic carbocycles. The number of hydrogen-bond acceptors (Lipinski definition) is 4. The third-order valence-electron chi connectivity index (χ3n) is 1.25. The predicted octanol–water partition coefficient (Wildman–Crippen LogP) is 2.56. The lowest BCUT2D eigenvalue weighted by Gasteiger charge is -2.11. The summed E-state index contributed by atoms with van der Waals surface area (Å²) < 4.78 is 5.32. The van der Waals surface area contributed by atoms with Crippen LogP contribution in [0.25, 0.3) is 0 Å². The SMILES string of the molecule is CSc1nc(C(C)(C)C)ns1. The Labute approximate surface area is 75.6 Å².